The summed E-state index contributed by atoms with van der Waals surface area (Å²) in [5.74, 6) is 5.09. The molecule has 3 heterocycles. The highest BCUT2D eigenvalue weighted by atomic mass is 16.7. The molecule has 2 aromatic rings. The Bertz CT molecular complexity index is 1100. The fourth-order valence-corrected chi connectivity index (χ4v) is 7.97. The Morgan fingerprint density at radius 1 is 1.06 bits per heavy atom. The lowest BCUT2D eigenvalue weighted by Crippen LogP contribution is -2.47. The first-order valence-corrected chi connectivity index (χ1v) is 12.8. The molecule has 0 spiro atoms. The molecular formula is C27H32N4O3. The number of ether oxygens (including phenoxy) is 2. The molecule has 7 nitrogen and oxygen atoms in total. The molecule has 1 aromatic heterocycles. The summed E-state index contributed by atoms with van der Waals surface area (Å²) in [5.41, 5.74) is 3.56. The average Bonchev–Trinajstić information content (AvgIpc) is 3.26. The Kier molecular flexibility index (Phi) is 4.83. The monoisotopic (exact) mass is 460 g/mol. The fraction of sp³-hybridized carbons (Fsp3) is 0.593. The van der Waals surface area contributed by atoms with Crippen molar-refractivity contribution in [3.05, 3.63) is 41.3 Å². The van der Waals surface area contributed by atoms with Gasteiger partial charge >= 0.3 is 0 Å². The third kappa shape index (κ3) is 3.74. The standard InChI is InChI=1S/C27H32N4O3/c32-25(12-27-9-18-5-19(10-27)7-20(6-18)11-27)30-26-21-3-4-31(14-22(21)28-15-29-26)13-17-1-2-23-24(8-17)34-16-33-23/h1-2,8,15,18-20H,3-7,9-14,16H2,(H,28,29,30,32). The second kappa shape index (κ2) is 7.94. The smallest absolute Gasteiger partial charge is 0.231 e. The van der Waals surface area contributed by atoms with Crippen molar-refractivity contribution in [3.8, 4) is 11.5 Å². The van der Waals surface area contributed by atoms with Crippen LogP contribution in [0.4, 0.5) is 5.82 Å². The number of fused-ring (bicyclic) bond motifs is 2. The molecule has 0 radical (unpaired) electrons. The van der Waals surface area contributed by atoms with E-state index < -0.39 is 0 Å². The van der Waals surface area contributed by atoms with E-state index in [2.05, 4.69) is 32.3 Å². The number of nitrogens with zero attached hydrogens (tertiary/aromatic N) is 3. The van der Waals surface area contributed by atoms with E-state index in [0.29, 0.717) is 13.2 Å². The summed E-state index contributed by atoms with van der Waals surface area (Å²) in [6.07, 6.45) is 11.1. The number of aromatic nitrogens is 2. The second-order valence-electron chi connectivity index (χ2n) is 11.4. The molecule has 2 aliphatic heterocycles. The van der Waals surface area contributed by atoms with Crippen molar-refractivity contribution in [1.82, 2.24) is 14.9 Å². The van der Waals surface area contributed by atoms with Gasteiger partial charge in [-0.1, -0.05) is 6.07 Å². The van der Waals surface area contributed by atoms with Gasteiger partial charge in [0, 0.05) is 31.6 Å². The van der Waals surface area contributed by atoms with Crippen LogP contribution in [0, 0.1) is 23.2 Å². The maximum absolute atomic E-state index is 13.2. The van der Waals surface area contributed by atoms with Gasteiger partial charge in [0.25, 0.3) is 0 Å². The summed E-state index contributed by atoms with van der Waals surface area (Å²) in [7, 11) is 0. The first-order valence-electron chi connectivity index (χ1n) is 12.8. The lowest BCUT2D eigenvalue weighted by atomic mass is 9.49. The van der Waals surface area contributed by atoms with Gasteiger partial charge in [0.2, 0.25) is 12.7 Å². The van der Waals surface area contributed by atoms with E-state index >= 15 is 0 Å². The minimum Gasteiger partial charge on any atom is -0.454 e. The summed E-state index contributed by atoms with van der Waals surface area (Å²) in [6, 6.07) is 6.14. The predicted octanol–water partition coefficient (Wildman–Crippen LogP) is 4.31. The van der Waals surface area contributed by atoms with Crippen molar-refractivity contribution >= 4 is 11.7 Å². The third-order valence-corrected chi connectivity index (χ3v) is 8.89. The van der Waals surface area contributed by atoms with E-state index in [4.69, 9.17) is 9.47 Å². The minimum atomic E-state index is 0.144. The highest BCUT2D eigenvalue weighted by Crippen LogP contribution is 2.61. The molecule has 1 amide bonds. The van der Waals surface area contributed by atoms with Crippen LogP contribution in [0.25, 0.3) is 0 Å². The van der Waals surface area contributed by atoms with Crippen LogP contribution in [0.5, 0.6) is 11.5 Å². The zero-order valence-corrected chi connectivity index (χ0v) is 19.6. The number of nitrogens with one attached hydrogen (secondary N) is 1. The molecule has 1 N–H and O–H groups in total. The highest BCUT2D eigenvalue weighted by molar-refractivity contribution is 5.91. The summed E-state index contributed by atoms with van der Waals surface area (Å²) in [5, 5.41) is 3.20. The molecule has 0 atom stereocenters. The van der Waals surface area contributed by atoms with E-state index in [0.717, 1.165) is 72.4 Å². The Morgan fingerprint density at radius 3 is 2.62 bits per heavy atom. The van der Waals surface area contributed by atoms with Gasteiger partial charge < -0.3 is 14.8 Å². The number of hydrogen-bond acceptors (Lipinski definition) is 6. The van der Waals surface area contributed by atoms with Crippen molar-refractivity contribution in [3.63, 3.8) is 0 Å². The van der Waals surface area contributed by atoms with Crippen molar-refractivity contribution in [1.29, 1.82) is 0 Å². The molecule has 178 valence electrons. The summed E-state index contributed by atoms with van der Waals surface area (Å²) < 4.78 is 10.9. The van der Waals surface area contributed by atoms with Gasteiger partial charge in [-0.15, -0.1) is 0 Å². The molecule has 8 rings (SSSR count). The normalized spacial score (nSPS) is 30.9. The molecule has 4 fully saturated rings. The maximum atomic E-state index is 13.2. The molecule has 0 unspecified atom stereocenters. The van der Waals surface area contributed by atoms with Crippen LogP contribution in [-0.2, 0) is 24.3 Å². The molecule has 7 heteroatoms. The SMILES string of the molecule is O=C(CC12CC3CC(CC(C3)C1)C2)Nc1ncnc2c1CCN(Cc1ccc3c(c1)OCO3)C2. The number of rotatable bonds is 5. The number of carbonyl (C=O) groups excluding carboxylic acids is 1. The van der Waals surface area contributed by atoms with Gasteiger partial charge in [0.05, 0.1) is 5.69 Å². The van der Waals surface area contributed by atoms with Crippen molar-refractivity contribution in [2.45, 2.75) is 64.5 Å². The van der Waals surface area contributed by atoms with E-state index in [-0.39, 0.29) is 11.3 Å². The highest BCUT2D eigenvalue weighted by Gasteiger charge is 2.51. The van der Waals surface area contributed by atoms with Gasteiger partial charge in [-0.2, -0.15) is 0 Å². The molecule has 1 aromatic carbocycles. The van der Waals surface area contributed by atoms with Gasteiger partial charge in [-0.05, 0) is 85.8 Å². The van der Waals surface area contributed by atoms with Crippen LogP contribution in [0.2, 0.25) is 0 Å². The Balaban J connectivity index is 1.02. The van der Waals surface area contributed by atoms with Gasteiger partial charge in [0.1, 0.15) is 12.1 Å². The van der Waals surface area contributed by atoms with E-state index in [9.17, 15) is 4.79 Å². The number of benzene rings is 1. The topological polar surface area (TPSA) is 76.6 Å². The number of hydrogen-bond donors (Lipinski definition) is 1. The second-order valence-corrected chi connectivity index (χ2v) is 11.4. The first-order chi connectivity index (χ1) is 16.6. The third-order valence-electron chi connectivity index (χ3n) is 8.89. The zero-order chi connectivity index (χ0) is 22.7. The van der Waals surface area contributed by atoms with Crippen LogP contribution in [0.15, 0.2) is 24.5 Å². The van der Waals surface area contributed by atoms with Crippen LogP contribution in [-0.4, -0.2) is 34.1 Å². The van der Waals surface area contributed by atoms with Crippen molar-refractivity contribution < 1.29 is 14.3 Å². The lowest BCUT2D eigenvalue weighted by Gasteiger charge is -2.56. The quantitative estimate of drug-likeness (QED) is 0.717. The molecule has 6 aliphatic rings. The van der Waals surface area contributed by atoms with Gasteiger partial charge in [-0.3, -0.25) is 9.69 Å². The van der Waals surface area contributed by atoms with Gasteiger partial charge in [0.15, 0.2) is 11.5 Å². The fourth-order valence-electron chi connectivity index (χ4n) is 7.97. The van der Waals surface area contributed by atoms with Crippen LogP contribution >= 0.6 is 0 Å². The Labute approximate surface area is 200 Å². The van der Waals surface area contributed by atoms with Crippen LogP contribution in [0.1, 0.15) is 61.8 Å². The number of anilines is 1. The lowest BCUT2D eigenvalue weighted by molar-refractivity contribution is -0.124. The largest absolute Gasteiger partial charge is 0.454 e. The summed E-state index contributed by atoms with van der Waals surface area (Å²) in [4.78, 5) is 24.6. The van der Waals surface area contributed by atoms with Crippen LogP contribution < -0.4 is 14.8 Å². The summed E-state index contributed by atoms with van der Waals surface area (Å²) >= 11 is 0. The van der Waals surface area contributed by atoms with Gasteiger partial charge in [-0.25, -0.2) is 9.97 Å². The molecule has 4 bridgehead atoms. The number of carbonyl (C=O) groups is 1. The van der Waals surface area contributed by atoms with Crippen LogP contribution in [0.3, 0.4) is 0 Å². The minimum absolute atomic E-state index is 0.144. The maximum Gasteiger partial charge on any atom is 0.231 e. The first kappa shape index (κ1) is 20.7. The molecule has 34 heavy (non-hydrogen) atoms. The summed E-state index contributed by atoms with van der Waals surface area (Å²) in [6.45, 7) is 2.79. The Hall–Kier alpha value is -2.67. The Morgan fingerprint density at radius 2 is 1.82 bits per heavy atom. The zero-order valence-electron chi connectivity index (χ0n) is 19.6. The van der Waals surface area contributed by atoms with E-state index in [1.54, 1.807) is 6.33 Å². The average molecular weight is 461 g/mol. The van der Waals surface area contributed by atoms with E-state index in [1.165, 1.54) is 44.1 Å². The predicted molar refractivity (Wildman–Crippen MR) is 126 cm³/mol. The molecule has 0 saturated heterocycles. The molecule has 4 aliphatic carbocycles. The number of amides is 1. The van der Waals surface area contributed by atoms with Crippen molar-refractivity contribution in [2.75, 3.05) is 18.7 Å². The molecule has 4 saturated carbocycles. The molecular weight excluding hydrogens is 428 g/mol. The van der Waals surface area contributed by atoms with Crippen molar-refractivity contribution in [2.24, 2.45) is 23.2 Å². The van der Waals surface area contributed by atoms with E-state index in [1.807, 2.05) is 6.07 Å².